The van der Waals surface area contributed by atoms with E-state index in [-0.39, 0.29) is 5.41 Å². The SMILES string of the molecule is C=C/C=C\c1ccc2ccc(-c3cccc(-c4ccc5c(c4)C(C)(C)c4cccnc4N5c4ccccc4)n3)nc2c1C. The Balaban J connectivity index is 1.33. The van der Waals surface area contributed by atoms with Gasteiger partial charge in [0.05, 0.1) is 28.3 Å². The lowest BCUT2D eigenvalue weighted by Gasteiger charge is -2.41. The van der Waals surface area contributed by atoms with Crippen LogP contribution in [0.5, 0.6) is 0 Å². The van der Waals surface area contributed by atoms with Gasteiger partial charge in [-0.15, -0.1) is 0 Å². The van der Waals surface area contributed by atoms with Crippen molar-refractivity contribution in [1.82, 2.24) is 15.0 Å². The predicted molar refractivity (Wildman–Crippen MR) is 179 cm³/mol. The van der Waals surface area contributed by atoms with Gasteiger partial charge in [-0.05, 0) is 72.1 Å². The van der Waals surface area contributed by atoms with Crippen molar-refractivity contribution >= 4 is 34.2 Å². The maximum Gasteiger partial charge on any atom is 0.141 e. The van der Waals surface area contributed by atoms with Crippen LogP contribution in [0.3, 0.4) is 0 Å². The second-order valence-corrected chi connectivity index (χ2v) is 11.5. The standard InChI is InChI=1S/C39H32N4/c1-5-6-12-27-18-19-28-20-22-35(42-37(28)26(27)2)34-17-10-16-33(41-34)29-21-23-36-32(25-29)39(3,4)31-15-11-24-40-38(31)43(36)30-13-8-7-9-14-30/h5-25H,1H2,2-4H3/b12-6-. The van der Waals surface area contributed by atoms with Gasteiger partial charge >= 0.3 is 0 Å². The summed E-state index contributed by atoms with van der Waals surface area (Å²) in [5, 5.41) is 1.11. The summed E-state index contributed by atoms with van der Waals surface area (Å²) in [6.45, 7) is 10.5. The van der Waals surface area contributed by atoms with Gasteiger partial charge in [0.15, 0.2) is 0 Å². The summed E-state index contributed by atoms with van der Waals surface area (Å²) >= 11 is 0. The first-order valence-corrected chi connectivity index (χ1v) is 14.6. The van der Waals surface area contributed by atoms with Crippen molar-refractivity contribution in [3.63, 3.8) is 0 Å². The molecule has 0 amide bonds. The van der Waals surface area contributed by atoms with Crippen LogP contribution in [0.1, 0.15) is 36.1 Å². The summed E-state index contributed by atoms with van der Waals surface area (Å²) in [6.07, 6.45) is 7.69. The molecule has 0 spiro atoms. The molecule has 0 radical (unpaired) electrons. The van der Waals surface area contributed by atoms with Gasteiger partial charge < -0.3 is 0 Å². The summed E-state index contributed by atoms with van der Waals surface area (Å²) < 4.78 is 0. The third-order valence-corrected chi connectivity index (χ3v) is 8.47. The molecule has 4 nitrogen and oxygen atoms in total. The van der Waals surface area contributed by atoms with Crippen LogP contribution < -0.4 is 4.90 Å². The Kier molecular flexibility index (Phi) is 6.47. The van der Waals surface area contributed by atoms with E-state index in [0.717, 1.165) is 61.9 Å². The fourth-order valence-electron chi connectivity index (χ4n) is 6.13. The monoisotopic (exact) mass is 556 g/mol. The number of benzene rings is 3. The van der Waals surface area contributed by atoms with Crippen LogP contribution in [0.15, 0.2) is 128 Å². The van der Waals surface area contributed by atoms with Crippen molar-refractivity contribution in [3.05, 3.63) is 150 Å². The fourth-order valence-corrected chi connectivity index (χ4v) is 6.13. The Morgan fingerprint density at radius 3 is 2.37 bits per heavy atom. The first-order chi connectivity index (χ1) is 21.0. The minimum absolute atomic E-state index is 0.243. The number of fused-ring (bicyclic) bond motifs is 3. The molecule has 0 atom stereocenters. The van der Waals surface area contributed by atoms with Gasteiger partial charge in [-0.3, -0.25) is 4.90 Å². The summed E-state index contributed by atoms with van der Waals surface area (Å²) in [6, 6.07) is 36.0. The van der Waals surface area contributed by atoms with Crippen molar-refractivity contribution in [2.24, 2.45) is 0 Å². The minimum Gasteiger partial charge on any atom is -0.294 e. The number of hydrogen-bond acceptors (Lipinski definition) is 4. The Labute approximate surface area is 252 Å². The molecule has 4 heteroatoms. The number of anilines is 3. The molecule has 208 valence electrons. The second kappa shape index (κ2) is 10.5. The van der Waals surface area contributed by atoms with Crippen molar-refractivity contribution in [2.75, 3.05) is 4.90 Å². The molecule has 0 saturated heterocycles. The predicted octanol–water partition coefficient (Wildman–Crippen LogP) is 9.98. The molecule has 1 aliphatic rings. The normalized spacial score (nSPS) is 13.6. The first kappa shape index (κ1) is 26.5. The summed E-state index contributed by atoms with van der Waals surface area (Å²) in [5.41, 5.74) is 11.4. The molecule has 1 aliphatic heterocycles. The van der Waals surface area contributed by atoms with E-state index in [1.165, 1.54) is 11.1 Å². The van der Waals surface area contributed by atoms with Gasteiger partial charge in [0, 0.05) is 33.8 Å². The number of aryl methyl sites for hydroxylation is 1. The lowest BCUT2D eigenvalue weighted by Crippen LogP contribution is -2.31. The molecule has 0 N–H and O–H groups in total. The molecule has 0 saturated carbocycles. The average molecular weight is 557 g/mol. The van der Waals surface area contributed by atoms with Crippen molar-refractivity contribution < 1.29 is 0 Å². The van der Waals surface area contributed by atoms with E-state index in [9.17, 15) is 0 Å². The van der Waals surface area contributed by atoms with E-state index in [4.69, 9.17) is 15.0 Å². The Bertz CT molecular complexity index is 2040. The van der Waals surface area contributed by atoms with Gasteiger partial charge in [0.25, 0.3) is 0 Å². The van der Waals surface area contributed by atoms with Gasteiger partial charge in [-0.2, -0.15) is 0 Å². The molecule has 0 aliphatic carbocycles. The van der Waals surface area contributed by atoms with Gasteiger partial charge in [0.1, 0.15) is 5.82 Å². The van der Waals surface area contributed by atoms with E-state index in [1.54, 1.807) is 6.08 Å². The fraction of sp³-hybridized carbons (Fsp3) is 0.103. The lowest BCUT2D eigenvalue weighted by atomic mass is 9.74. The van der Waals surface area contributed by atoms with Crippen LogP contribution in [-0.2, 0) is 5.41 Å². The number of allylic oxidation sites excluding steroid dienone is 2. The molecule has 3 aromatic carbocycles. The molecular weight excluding hydrogens is 524 g/mol. The second-order valence-electron chi connectivity index (χ2n) is 11.5. The quantitative estimate of drug-likeness (QED) is 0.198. The molecule has 6 aromatic rings. The van der Waals surface area contributed by atoms with Gasteiger partial charge in [-0.1, -0.05) is 93.3 Å². The maximum atomic E-state index is 5.12. The van der Waals surface area contributed by atoms with E-state index < -0.39 is 0 Å². The Hall–Kier alpha value is -5.35. The topological polar surface area (TPSA) is 41.9 Å². The molecule has 0 unspecified atom stereocenters. The lowest BCUT2D eigenvalue weighted by molar-refractivity contribution is 0.627. The number of rotatable bonds is 5. The molecular formula is C39H32N4. The zero-order valence-corrected chi connectivity index (χ0v) is 24.6. The number of pyridine rings is 3. The van der Waals surface area contributed by atoms with Crippen LogP contribution in [0.2, 0.25) is 0 Å². The molecule has 4 heterocycles. The van der Waals surface area contributed by atoms with Gasteiger partial charge in [-0.25, -0.2) is 15.0 Å². The maximum absolute atomic E-state index is 5.12. The summed E-state index contributed by atoms with van der Waals surface area (Å²) in [5.74, 6) is 0.972. The minimum atomic E-state index is -0.243. The zero-order chi connectivity index (χ0) is 29.6. The van der Waals surface area contributed by atoms with E-state index in [2.05, 4.69) is 123 Å². The number of hydrogen-bond donors (Lipinski definition) is 0. The Morgan fingerprint density at radius 2 is 1.53 bits per heavy atom. The first-order valence-electron chi connectivity index (χ1n) is 14.6. The third-order valence-electron chi connectivity index (χ3n) is 8.47. The van der Waals surface area contributed by atoms with Crippen molar-refractivity contribution in [1.29, 1.82) is 0 Å². The third kappa shape index (κ3) is 4.52. The van der Waals surface area contributed by atoms with E-state index in [0.29, 0.717) is 0 Å². The molecule has 0 bridgehead atoms. The van der Waals surface area contributed by atoms with Crippen molar-refractivity contribution in [2.45, 2.75) is 26.2 Å². The Morgan fingerprint density at radius 1 is 0.744 bits per heavy atom. The summed E-state index contributed by atoms with van der Waals surface area (Å²) in [4.78, 5) is 17.3. The largest absolute Gasteiger partial charge is 0.294 e. The molecule has 0 fully saturated rings. The zero-order valence-electron chi connectivity index (χ0n) is 24.6. The van der Waals surface area contributed by atoms with Crippen molar-refractivity contribution in [3.8, 4) is 22.6 Å². The highest BCUT2D eigenvalue weighted by Crippen LogP contribution is 2.51. The highest BCUT2D eigenvalue weighted by molar-refractivity contribution is 5.88. The number of aromatic nitrogens is 3. The van der Waals surface area contributed by atoms with E-state index >= 15 is 0 Å². The average Bonchev–Trinajstić information content (AvgIpc) is 3.05. The number of para-hydroxylation sites is 1. The highest BCUT2D eigenvalue weighted by atomic mass is 15.2. The van der Waals surface area contributed by atoms with E-state index in [1.807, 2.05) is 30.5 Å². The molecule has 43 heavy (non-hydrogen) atoms. The molecule has 7 rings (SSSR count). The van der Waals surface area contributed by atoms with Gasteiger partial charge in [0.2, 0.25) is 0 Å². The smallest absolute Gasteiger partial charge is 0.141 e. The van der Waals surface area contributed by atoms with Crippen LogP contribution in [0.4, 0.5) is 17.2 Å². The van der Waals surface area contributed by atoms with Crippen LogP contribution in [0.25, 0.3) is 39.6 Å². The van der Waals surface area contributed by atoms with Crippen LogP contribution >= 0.6 is 0 Å². The summed E-state index contributed by atoms with van der Waals surface area (Å²) in [7, 11) is 0. The molecule has 3 aromatic heterocycles. The number of nitrogens with zero attached hydrogens (tertiary/aromatic N) is 4. The highest BCUT2D eigenvalue weighted by Gasteiger charge is 2.38. The van der Waals surface area contributed by atoms with Crippen LogP contribution in [-0.4, -0.2) is 15.0 Å². The van der Waals surface area contributed by atoms with Crippen LogP contribution in [0, 0.1) is 6.92 Å².